The maximum atomic E-state index is 13.2. The van der Waals surface area contributed by atoms with E-state index >= 15 is 0 Å². The topological polar surface area (TPSA) is 28.2 Å². The monoisotopic (exact) mass is 351 g/mol. The van der Waals surface area contributed by atoms with Gasteiger partial charge in [0.05, 0.1) is 5.56 Å². The zero-order valence-electron chi connectivity index (χ0n) is 11.2. The molecule has 1 aromatic rings. The van der Waals surface area contributed by atoms with Gasteiger partial charge in [-0.05, 0) is 48.3 Å². The Labute approximate surface area is 124 Å². The van der Waals surface area contributed by atoms with Crippen molar-refractivity contribution < 1.29 is 13.2 Å². The van der Waals surface area contributed by atoms with Gasteiger partial charge in [-0.25, -0.2) is 4.98 Å². The molecule has 0 radical (unpaired) electrons. The lowest BCUT2D eigenvalue weighted by Gasteiger charge is -2.37. The van der Waals surface area contributed by atoms with Gasteiger partial charge in [0.2, 0.25) is 0 Å². The van der Waals surface area contributed by atoms with Gasteiger partial charge in [0.15, 0.2) is 0 Å². The van der Waals surface area contributed by atoms with Crippen LogP contribution in [0.3, 0.4) is 0 Å². The van der Waals surface area contributed by atoms with Crippen molar-refractivity contribution >= 4 is 21.7 Å². The lowest BCUT2D eigenvalue weighted by atomic mass is 10.0. The van der Waals surface area contributed by atoms with Gasteiger partial charge in [0.25, 0.3) is 0 Å². The predicted molar refractivity (Wildman–Crippen MR) is 75.9 cm³/mol. The molecular weight excluding hydrogens is 335 g/mol. The predicted octanol–water partition coefficient (Wildman–Crippen LogP) is 3.44. The largest absolute Gasteiger partial charge is 0.419 e. The standard InChI is InChI=1S/C13H17BrF3N3/c1-18-8-10-4-2-3-5-20(10)12-11(13(15,16)17)6-9(14)7-19-12/h6-7,10,18H,2-5,8H2,1H3. The number of likely N-dealkylation sites (N-methyl/N-ethyl adjacent to an activating group) is 1. The molecule has 112 valence electrons. The Morgan fingerprint density at radius 3 is 2.85 bits per heavy atom. The molecule has 0 bridgehead atoms. The van der Waals surface area contributed by atoms with Crippen LogP contribution in [0.25, 0.3) is 0 Å². The van der Waals surface area contributed by atoms with Crippen molar-refractivity contribution in [2.75, 3.05) is 25.0 Å². The first-order chi connectivity index (χ1) is 9.43. The third-order valence-corrected chi connectivity index (χ3v) is 3.91. The van der Waals surface area contributed by atoms with Crippen molar-refractivity contribution in [1.29, 1.82) is 0 Å². The molecule has 1 aliphatic heterocycles. The first kappa shape index (κ1) is 15.6. The Morgan fingerprint density at radius 2 is 2.20 bits per heavy atom. The van der Waals surface area contributed by atoms with Crippen molar-refractivity contribution in [3.05, 3.63) is 22.3 Å². The van der Waals surface area contributed by atoms with E-state index in [1.54, 1.807) is 4.90 Å². The minimum atomic E-state index is -4.40. The van der Waals surface area contributed by atoms with Gasteiger partial charge in [-0.3, -0.25) is 0 Å². The van der Waals surface area contributed by atoms with Crippen LogP contribution in [-0.2, 0) is 6.18 Å². The van der Waals surface area contributed by atoms with Gasteiger partial charge >= 0.3 is 6.18 Å². The summed E-state index contributed by atoms with van der Waals surface area (Å²) in [6, 6.07) is 1.16. The number of nitrogens with zero attached hydrogens (tertiary/aromatic N) is 2. The highest BCUT2D eigenvalue weighted by atomic mass is 79.9. The van der Waals surface area contributed by atoms with Gasteiger partial charge in [-0.1, -0.05) is 0 Å². The molecule has 0 saturated carbocycles. The summed E-state index contributed by atoms with van der Waals surface area (Å²) in [5.74, 6) is 0.0423. The van der Waals surface area contributed by atoms with E-state index in [4.69, 9.17) is 0 Å². The highest BCUT2D eigenvalue weighted by Crippen LogP contribution is 2.38. The third-order valence-electron chi connectivity index (χ3n) is 3.48. The molecule has 1 atom stereocenters. The number of pyridine rings is 1. The lowest BCUT2D eigenvalue weighted by molar-refractivity contribution is -0.137. The average molecular weight is 352 g/mol. The number of hydrogen-bond donors (Lipinski definition) is 1. The summed E-state index contributed by atoms with van der Waals surface area (Å²) in [7, 11) is 1.81. The minimum Gasteiger partial charge on any atom is -0.352 e. The van der Waals surface area contributed by atoms with Crippen molar-refractivity contribution in [2.24, 2.45) is 0 Å². The van der Waals surface area contributed by atoms with E-state index in [9.17, 15) is 13.2 Å². The quantitative estimate of drug-likeness (QED) is 0.903. The van der Waals surface area contributed by atoms with Gasteiger partial charge in [-0.2, -0.15) is 13.2 Å². The number of nitrogens with one attached hydrogen (secondary N) is 1. The lowest BCUT2D eigenvalue weighted by Crippen LogP contribution is -2.46. The molecule has 2 heterocycles. The van der Waals surface area contributed by atoms with Crippen LogP contribution >= 0.6 is 15.9 Å². The van der Waals surface area contributed by atoms with E-state index in [0.717, 1.165) is 25.3 Å². The van der Waals surface area contributed by atoms with Crippen LogP contribution in [0.2, 0.25) is 0 Å². The van der Waals surface area contributed by atoms with E-state index < -0.39 is 11.7 Å². The highest BCUT2D eigenvalue weighted by molar-refractivity contribution is 9.10. The summed E-state index contributed by atoms with van der Waals surface area (Å²) in [6.45, 7) is 1.28. The van der Waals surface area contributed by atoms with E-state index in [0.29, 0.717) is 17.6 Å². The average Bonchev–Trinajstić information content (AvgIpc) is 2.39. The SMILES string of the molecule is CNCC1CCCCN1c1ncc(Br)cc1C(F)(F)F. The molecule has 7 heteroatoms. The molecule has 20 heavy (non-hydrogen) atoms. The summed E-state index contributed by atoms with van der Waals surface area (Å²) in [5, 5.41) is 3.05. The molecular formula is C13H17BrF3N3. The summed E-state index contributed by atoms with van der Waals surface area (Å²) in [5.41, 5.74) is -0.671. The third kappa shape index (κ3) is 3.44. The number of alkyl halides is 3. The molecule has 0 amide bonds. The van der Waals surface area contributed by atoms with Crippen LogP contribution in [0.4, 0.5) is 19.0 Å². The second-order valence-electron chi connectivity index (χ2n) is 4.92. The Hall–Kier alpha value is -0.820. The molecule has 0 aliphatic carbocycles. The zero-order chi connectivity index (χ0) is 14.8. The van der Waals surface area contributed by atoms with Gasteiger partial charge in [-0.15, -0.1) is 0 Å². The second kappa shape index (κ2) is 6.30. The van der Waals surface area contributed by atoms with E-state index in [1.807, 2.05) is 7.05 Å². The summed E-state index contributed by atoms with van der Waals surface area (Å²) >= 11 is 3.07. The number of rotatable bonds is 3. The molecule has 1 aliphatic rings. The fraction of sp³-hybridized carbons (Fsp3) is 0.615. The van der Waals surface area contributed by atoms with E-state index in [2.05, 4.69) is 26.2 Å². The zero-order valence-corrected chi connectivity index (χ0v) is 12.8. The van der Waals surface area contributed by atoms with Crippen molar-refractivity contribution in [1.82, 2.24) is 10.3 Å². The van der Waals surface area contributed by atoms with Crippen LogP contribution < -0.4 is 10.2 Å². The Kier molecular flexibility index (Phi) is 4.90. The molecule has 1 N–H and O–H groups in total. The molecule has 1 saturated heterocycles. The van der Waals surface area contributed by atoms with Crippen LogP contribution in [0.1, 0.15) is 24.8 Å². The van der Waals surface area contributed by atoms with E-state index in [1.165, 1.54) is 6.20 Å². The first-order valence-corrected chi connectivity index (χ1v) is 7.36. The van der Waals surface area contributed by atoms with Crippen LogP contribution in [-0.4, -0.2) is 31.2 Å². The van der Waals surface area contributed by atoms with Crippen LogP contribution in [0, 0.1) is 0 Å². The van der Waals surface area contributed by atoms with E-state index in [-0.39, 0.29) is 11.9 Å². The first-order valence-electron chi connectivity index (χ1n) is 6.57. The molecule has 0 aromatic carbocycles. The number of halogens is 4. The van der Waals surface area contributed by atoms with Gasteiger partial charge in [0, 0.05) is 29.8 Å². The number of anilines is 1. The van der Waals surface area contributed by atoms with Crippen LogP contribution in [0.5, 0.6) is 0 Å². The van der Waals surface area contributed by atoms with Crippen molar-refractivity contribution in [2.45, 2.75) is 31.5 Å². The molecule has 3 nitrogen and oxygen atoms in total. The molecule has 1 aromatic heterocycles. The number of piperidine rings is 1. The second-order valence-corrected chi connectivity index (χ2v) is 5.84. The Balaban J connectivity index is 2.39. The summed E-state index contributed by atoms with van der Waals surface area (Å²) in [4.78, 5) is 5.82. The number of aromatic nitrogens is 1. The molecule has 1 fully saturated rings. The fourth-order valence-corrected chi connectivity index (χ4v) is 2.93. The minimum absolute atomic E-state index is 0.0423. The van der Waals surface area contributed by atoms with Crippen molar-refractivity contribution in [3.8, 4) is 0 Å². The summed E-state index contributed by atoms with van der Waals surface area (Å²) < 4.78 is 39.9. The van der Waals surface area contributed by atoms with Crippen LogP contribution in [0.15, 0.2) is 16.7 Å². The molecule has 2 rings (SSSR count). The van der Waals surface area contributed by atoms with Crippen molar-refractivity contribution in [3.63, 3.8) is 0 Å². The fourth-order valence-electron chi connectivity index (χ4n) is 2.60. The summed E-state index contributed by atoms with van der Waals surface area (Å²) in [6.07, 6.45) is -0.144. The van der Waals surface area contributed by atoms with Gasteiger partial charge < -0.3 is 10.2 Å². The molecule has 0 spiro atoms. The molecule has 1 unspecified atom stereocenters. The maximum absolute atomic E-state index is 13.2. The normalized spacial score (nSPS) is 20.2. The maximum Gasteiger partial charge on any atom is 0.419 e. The Bertz CT molecular complexity index is 463. The highest BCUT2D eigenvalue weighted by Gasteiger charge is 2.37. The van der Waals surface area contributed by atoms with Gasteiger partial charge in [0.1, 0.15) is 5.82 Å². The Morgan fingerprint density at radius 1 is 1.45 bits per heavy atom. The smallest absolute Gasteiger partial charge is 0.352 e. The number of hydrogen-bond acceptors (Lipinski definition) is 3.